The molecular weight excluding hydrogens is 398 g/mol. The maximum absolute atomic E-state index is 13.1. The quantitative estimate of drug-likeness (QED) is 0.291. The van der Waals surface area contributed by atoms with Gasteiger partial charge in [0.05, 0.1) is 18.1 Å². The largest absolute Gasteiger partial charge is 0.467 e. The van der Waals surface area contributed by atoms with E-state index < -0.39 is 0 Å². The summed E-state index contributed by atoms with van der Waals surface area (Å²) in [5, 5.41) is 8.25. The monoisotopic (exact) mass is 421 g/mol. The van der Waals surface area contributed by atoms with Gasteiger partial charge in [0.2, 0.25) is 5.89 Å². The third kappa shape index (κ3) is 4.11. The first-order valence-corrected chi connectivity index (χ1v) is 10.6. The fourth-order valence-corrected chi connectivity index (χ4v) is 4.10. The van der Waals surface area contributed by atoms with Gasteiger partial charge < -0.3 is 13.4 Å². The summed E-state index contributed by atoms with van der Waals surface area (Å²) >= 11 is 1.28. The number of carbonyl (C=O) groups is 1. The summed E-state index contributed by atoms with van der Waals surface area (Å²) in [5.74, 6) is 1.34. The van der Waals surface area contributed by atoms with Crippen molar-refractivity contribution in [3.05, 3.63) is 77.0 Å². The van der Waals surface area contributed by atoms with Crippen LogP contribution in [0, 0.1) is 20.8 Å². The maximum Gasteiger partial charge on any atom is 0.277 e. The Labute approximate surface area is 179 Å². The minimum absolute atomic E-state index is 0.0360. The summed E-state index contributed by atoms with van der Waals surface area (Å²) in [6.45, 7) is 8.45. The predicted octanol–water partition coefficient (Wildman–Crippen LogP) is 5.47. The second-order valence-electron chi connectivity index (χ2n) is 7.31. The molecule has 0 bridgehead atoms. The summed E-state index contributed by atoms with van der Waals surface area (Å²) in [4.78, 5) is 13.1. The molecule has 0 unspecified atom stereocenters. The van der Waals surface area contributed by atoms with E-state index in [2.05, 4.69) is 14.8 Å². The van der Waals surface area contributed by atoms with Crippen LogP contribution in [0.15, 0.2) is 62.8 Å². The molecule has 0 aliphatic heterocycles. The Morgan fingerprint density at radius 3 is 2.60 bits per heavy atom. The Balaban J connectivity index is 1.48. The van der Waals surface area contributed by atoms with E-state index >= 15 is 0 Å². The lowest BCUT2D eigenvalue weighted by atomic mass is 10.1. The number of aryl methyl sites for hydroxylation is 2. The molecule has 4 aromatic rings. The number of ketones is 1. The van der Waals surface area contributed by atoms with E-state index in [4.69, 9.17) is 8.83 Å². The van der Waals surface area contributed by atoms with Crippen molar-refractivity contribution < 1.29 is 13.6 Å². The van der Waals surface area contributed by atoms with Gasteiger partial charge in [-0.2, -0.15) is 0 Å². The molecule has 3 heterocycles. The van der Waals surface area contributed by atoms with Crippen LogP contribution in [0.1, 0.15) is 40.0 Å². The summed E-state index contributed by atoms with van der Waals surface area (Å²) in [5.41, 5.74) is 4.67. The van der Waals surface area contributed by atoms with Gasteiger partial charge in [0.1, 0.15) is 5.76 Å². The highest BCUT2D eigenvalue weighted by molar-refractivity contribution is 8.00. The summed E-state index contributed by atoms with van der Waals surface area (Å²) in [6, 6.07) is 13.6. The van der Waals surface area contributed by atoms with Crippen LogP contribution in [-0.4, -0.2) is 25.8 Å². The molecule has 1 aromatic carbocycles. The van der Waals surface area contributed by atoms with E-state index in [1.807, 2.05) is 70.2 Å². The van der Waals surface area contributed by atoms with E-state index in [1.54, 1.807) is 6.26 Å². The minimum Gasteiger partial charge on any atom is -0.467 e. The van der Waals surface area contributed by atoms with Gasteiger partial charge >= 0.3 is 0 Å². The number of Topliss-reactive ketones (excluding diaryl/α,β-unsaturated/α-hetero) is 1. The standard InChI is InChI=1S/C23H23N3O3S/c1-14-7-9-18(10-8-14)22-24-25-23(29-22)30-17(4)21(27)20-12-15(2)26(16(20)3)13-19-6-5-11-28-19/h5-12,17H,13H2,1-4H3/t17-/m0/s1. The molecule has 0 saturated heterocycles. The SMILES string of the molecule is Cc1ccc(-c2nnc(S[C@@H](C)C(=O)c3cc(C)n(Cc4ccco4)c3C)o2)cc1. The molecule has 7 heteroatoms. The highest BCUT2D eigenvalue weighted by Crippen LogP contribution is 2.29. The normalized spacial score (nSPS) is 12.3. The molecule has 154 valence electrons. The van der Waals surface area contributed by atoms with Crippen molar-refractivity contribution in [3.8, 4) is 11.5 Å². The van der Waals surface area contributed by atoms with Crippen molar-refractivity contribution in [2.75, 3.05) is 0 Å². The first kappa shape index (κ1) is 20.2. The van der Waals surface area contributed by atoms with E-state index in [0.717, 1.165) is 28.3 Å². The average molecular weight is 422 g/mol. The molecular formula is C23H23N3O3S. The van der Waals surface area contributed by atoms with Crippen LogP contribution < -0.4 is 0 Å². The van der Waals surface area contributed by atoms with Crippen LogP contribution in [0.2, 0.25) is 0 Å². The third-order valence-electron chi connectivity index (χ3n) is 5.08. The number of aromatic nitrogens is 3. The molecule has 0 aliphatic carbocycles. The summed E-state index contributed by atoms with van der Waals surface area (Å²) < 4.78 is 13.3. The number of rotatable bonds is 7. The maximum atomic E-state index is 13.1. The second-order valence-corrected chi connectivity index (χ2v) is 8.61. The van der Waals surface area contributed by atoms with Crippen molar-refractivity contribution in [2.45, 2.75) is 44.7 Å². The van der Waals surface area contributed by atoms with Crippen molar-refractivity contribution in [2.24, 2.45) is 0 Å². The molecule has 3 aromatic heterocycles. The Hall–Kier alpha value is -3.06. The lowest BCUT2D eigenvalue weighted by molar-refractivity contribution is 0.0993. The lowest BCUT2D eigenvalue weighted by Crippen LogP contribution is -2.15. The zero-order chi connectivity index (χ0) is 21.3. The third-order valence-corrected chi connectivity index (χ3v) is 6.02. The Morgan fingerprint density at radius 2 is 1.90 bits per heavy atom. The molecule has 1 atom stereocenters. The van der Waals surface area contributed by atoms with E-state index in [1.165, 1.54) is 11.8 Å². The van der Waals surface area contributed by atoms with Gasteiger partial charge in [0, 0.05) is 22.5 Å². The van der Waals surface area contributed by atoms with Gasteiger partial charge in [-0.25, -0.2) is 0 Å². The van der Waals surface area contributed by atoms with Crippen LogP contribution in [0.3, 0.4) is 0 Å². The van der Waals surface area contributed by atoms with Crippen molar-refractivity contribution in [1.29, 1.82) is 0 Å². The van der Waals surface area contributed by atoms with Crippen LogP contribution in [0.5, 0.6) is 0 Å². The first-order valence-electron chi connectivity index (χ1n) is 9.73. The first-order chi connectivity index (χ1) is 14.4. The zero-order valence-corrected chi connectivity index (χ0v) is 18.2. The Morgan fingerprint density at radius 1 is 1.13 bits per heavy atom. The Kier molecular flexibility index (Phi) is 5.63. The van der Waals surface area contributed by atoms with Gasteiger partial charge in [-0.1, -0.05) is 29.5 Å². The molecule has 0 amide bonds. The second kappa shape index (κ2) is 8.36. The van der Waals surface area contributed by atoms with E-state index in [0.29, 0.717) is 23.2 Å². The molecule has 0 N–H and O–H groups in total. The smallest absolute Gasteiger partial charge is 0.277 e. The lowest BCUT2D eigenvalue weighted by Gasteiger charge is -2.10. The Bertz CT molecular complexity index is 1160. The molecule has 0 spiro atoms. The number of furan rings is 1. The van der Waals surface area contributed by atoms with Crippen LogP contribution in [0.4, 0.5) is 0 Å². The summed E-state index contributed by atoms with van der Waals surface area (Å²) in [7, 11) is 0. The molecule has 30 heavy (non-hydrogen) atoms. The number of nitrogens with zero attached hydrogens (tertiary/aromatic N) is 3. The van der Waals surface area contributed by atoms with Crippen LogP contribution in [0.25, 0.3) is 11.5 Å². The number of hydrogen-bond donors (Lipinski definition) is 0. The van der Waals surface area contributed by atoms with Crippen molar-refractivity contribution >= 4 is 17.5 Å². The molecule has 0 radical (unpaired) electrons. The van der Waals surface area contributed by atoms with Crippen molar-refractivity contribution in [3.63, 3.8) is 0 Å². The molecule has 4 rings (SSSR count). The average Bonchev–Trinajstić information content (AvgIpc) is 3.46. The molecule has 6 nitrogen and oxygen atoms in total. The molecule has 0 fully saturated rings. The van der Waals surface area contributed by atoms with E-state index in [-0.39, 0.29) is 11.0 Å². The predicted molar refractivity (Wildman–Crippen MR) is 116 cm³/mol. The van der Waals surface area contributed by atoms with Gasteiger partial charge in [-0.3, -0.25) is 4.79 Å². The minimum atomic E-state index is -0.353. The molecule has 0 saturated carbocycles. The fraction of sp³-hybridized carbons (Fsp3) is 0.261. The topological polar surface area (TPSA) is 74.1 Å². The van der Waals surface area contributed by atoms with Gasteiger partial charge in [-0.05, 0) is 58.0 Å². The summed E-state index contributed by atoms with van der Waals surface area (Å²) in [6.07, 6.45) is 1.66. The number of thioether (sulfide) groups is 1. The zero-order valence-electron chi connectivity index (χ0n) is 17.4. The highest BCUT2D eigenvalue weighted by atomic mass is 32.2. The van der Waals surface area contributed by atoms with Gasteiger partial charge in [0.25, 0.3) is 5.22 Å². The number of hydrogen-bond acceptors (Lipinski definition) is 6. The molecule has 0 aliphatic rings. The van der Waals surface area contributed by atoms with Gasteiger partial charge in [-0.15, -0.1) is 10.2 Å². The number of carbonyl (C=O) groups excluding carboxylic acids is 1. The fourth-order valence-electron chi connectivity index (χ4n) is 3.35. The van der Waals surface area contributed by atoms with Crippen LogP contribution >= 0.6 is 11.8 Å². The van der Waals surface area contributed by atoms with Gasteiger partial charge in [0.15, 0.2) is 5.78 Å². The van der Waals surface area contributed by atoms with E-state index in [9.17, 15) is 4.79 Å². The van der Waals surface area contributed by atoms with Crippen molar-refractivity contribution in [1.82, 2.24) is 14.8 Å². The van der Waals surface area contributed by atoms with Crippen LogP contribution in [-0.2, 0) is 6.54 Å². The highest BCUT2D eigenvalue weighted by Gasteiger charge is 2.24. The number of benzene rings is 1.